The molecule has 0 spiro atoms. The molecule has 0 aliphatic rings. The van der Waals surface area contributed by atoms with Gasteiger partial charge >= 0.3 is 5.97 Å². The smallest absolute Gasteiger partial charge is 0.356 e. The van der Waals surface area contributed by atoms with Crippen molar-refractivity contribution in [3.05, 3.63) is 54.2 Å². The molecule has 4 aromatic rings. The summed E-state index contributed by atoms with van der Waals surface area (Å²) in [7, 11) is 4.54. The van der Waals surface area contributed by atoms with E-state index in [0.717, 1.165) is 27.4 Å². The number of rotatable bonds is 4. The highest BCUT2D eigenvalue weighted by molar-refractivity contribution is 6.13. The number of hydrogen-bond donors (Lipinski definition) is 1. The molecule has 0 amide bonds. The number of carbonyl (C=O) groups is 1. The Bertz CT molecular complexity index is 1160. The molecule has 2 aromatic heterocycles. The lowest BCUT2D eigenvalue weighted by Crippen LogP contribution is -2.05. The molecule has 0 radical (unpaired) electrons. The van der Waals surface area contributed by atoms with Crippen LogP contribution in [0.1, 0.15) is 10.5 Å². The number of nitrogens with zero attached hydrogens (tertiary/aromatic N) is 1. The Morgan fingerprint density at radius 2 is 1.78 bits per heavy atom. The van der Waals surface area contributed by atoms with E-state index in [9.17, 15) is 4.79 Å². The predicted molar refractivity (Wildman–Crippen MR) is 103 cm³/mol. The standard InChI is InChI=1S/C21H18N2O4/c1-25-12-8-9-18(26-2)15(10-12)20-19-14(11-17(23-20)21(24)27-3)13-6-4-5-7-16(13)22-19/h4-11,22H,1-3H3. The number of esters is 1. The molecule has 27 heavy (non-hydrogen) atoms. The molecule has 2 aromatic carbocycles. The lowest BCUT2D eigenvalue weighted by molar-refractivity contribution is 0.0594. The summed E-state index contributed by atoms with van der Waals surface area (Å²) in [5, 5.41) is 1.89. The molecule has 0 unspecified atom stereocenters. The van der Waals surface area contributed by atoms with Crippen LogP contribution in [-0.4, -0.2) is 37.3 Å². The molecule has 0 atom stereocenters. The lowest BCUT2D eigenvalue weighted by atomic mass is 10.0. The fraction of sp³-hybridized carbons (Fsp3) is 0.143. The van der Waals surface area contributed by atoms with Crippen LogP contribution in [0.25, 0.3) is 33.1 Å². The predicted octanol–water partition coefficient (Wildman–Crippen LogP) is 4.19. The SMILES string of the molecule is COC(=O)c1cc2c([nH]c3ccccc32)c(-c2cc(OC)ccc2OC)n1. The number of carbonyl (C=O) groups excluding carboxylic acids is 1. The van der Waals surface area contributed by atoms with E-state index >= 15 is 0 Å². The van der Waals surface area contributed by atoms with Crippen molar-refractivity contribution in [3.8, 4) is 22.8 Å². The fourth-order valence-corrected chi connectivity index (χ4v) is 3.25. The number of fused-ring (bicyclic) bond motifs is 3. The Kier molecular flexibility index (Phi) is 4.16. The van der Waals surface area contributed by atoms with Gasteiger partial charge in [-0.05, 0) is 30.3 Å². The van der Waals surface area contributed by atoms with Crippen molar-refractivity contribution in [1.29, 1.82) is 0 Å². The van der Waals surface area contributed by atoms with Gasteiger partial charge in [-0.15, -0.1) is 0 Å². The normalized spacial score (nSPS) is 10.9. The summed E-state index contributed by atoms with van der Waals surface area (Å²) in [5.41, 5.74) is 3.32. The van der Waals surface area contributed by atoms with Crippen LogP contribution >= 0.6 is 0 Å². The number of pyridine rings is 1. The molecular formula is C21H18N2O4. The van der Waals surface area contributed by atoms with Crippen molar-refractivity contribution in [2.24, 2.45) is 0 Å². The molecule has 0 saturated heterocycles. The van der Waals surface area contributed by atoms with Crippen LogP contribution in [0, 0.1) is 0 Å². The Balaban J connectivity index is 2.12. The lowest BCUT2D eigenvalue weighted by Gasteiger charge is -2.12. The first-order valence-electron chi connectivity index (χ1n) is 8.38. The van der Waals surface area contributed by atoms with Crippen LogP contribution in [0.5, 0.6) is 11.5 Å². The van der Waals surface area contributed by atoms with Gasteiger partial charge in [0.2, 0.25) is 0 Å². The third-order valence-corrected chi connectivity index (χ3v) is 4.55. The van der Waals surface area contributed by atoms with E-state index in [0.29, 0.717) is 17.2 Å². The van der Waals surface area contributed by atoms with E-state index in [4.69, 9.17) is 14.2 Å². The van der Waals surface area contributed by atoms with E-state index in [1.165, 1.54) is 7.11 Å². The number of para-hydroxylation sites is 1. The van der Waals surface area contributed by atoms with Gasteiger partial charge < -0.3 is 19.2 Å². The summed E-state index contributed by atoms with van der Waals surface area (Å²) in [6.07, 6.45) is 0. The average Bonchev–Trinajstić information content (AvgIpc) is 3.10. The molecular weight excluding hydrogens is 344 g/mol. The van der Waals surface area contributed by atoms with E-state index in [1.54, 1.807) is 20.3 Å². The van der Waals surface area contributed by atoms with Gasteiger partial charge in [0.05, 0.1) is 32.5 Å². The second-order valence-electron chi connectivity index (χ2n) is 6.01. The minimum Gasteiger partial charge on any atom is -0.497 e. The first-order chi connectivity index (χ1) is 13.2. The number of aromatic amines is 1. The van der Waals surface area contributed by atoms with Gasteiger partial charge in [-0.3, -0.25) is 0 Å². The summed E-state index contributed by atoms with van der Waals surface area (Å²) >= 11 is 0. The van der Waals surface area contributed by atoms with Gasteiger partial charge in [0, 0.05) is 21.9 Å². The highest BCUT2D eigenvalue weighted by Gasteiger charge is 2.20. The van der Waals surface area contributed by atoms with Gasteiger partial charge in [0.1, 0.15) is 17.2 Å². The maximum absolute atomic E-state index is 12.2. The highest BCUT2D eigenvalue weighted by Crippen LogP contribution is 2.38. The quantitative estimate of drug-likeness (QED) is 0.551. The highest BCUT2D eigenvalue weighted by atomic mass is 16.5. The summed E-state index contributed by atoms with van der Waals surface area (Å²) in [6, 6.07) is 15.1. The van der Waals surface area contributed by atoms with Gasteiger partial charge in [-0.25, -0.2) is 9.78 Å². The maximum Gasteiger partial charge on any atom is 0.356 e. The van der Waals surface area contributed by atoms with Crippen molar-refractivity contribution in [2.45, 2.75) is 0 Å². The molecule has 6 heteroatoms. The summed E-state index contributed by atoms with van der Waals surface area (Å²) < 4.78 is 15.8. The molecule has 0 fully saturated rings. The monoisotopic (exact) mass is 362 g/mol. The van der Waals surface area contributed by atoms with Gasteiger partial charge in [-0.2, -0.15) is 0 Å². The van der Waals surface area contributed by atoms with Crippen LogP contribution in [0.15, 0.2) is 48.5 Å². The van der Waals surface area contributed by atoms with Crippen molar-refractivity contribution >= 4 is 27.8 Å². The van der Waals surface area contributed by atoms with E-state index in [1.807, 2.05) is 42.5 Å². The van der Waals surface area contributed by atoms with Gasteiger partial charge in [-0.1, -0.05) is 18.2 Å². The zero-order chi connectivity index (χ0) is 19.0. The largest absolute Gasteiger partial charge is 0.497 e. The number of H-pyrrole nitrogens is 1. The number of aromatic nitrogens is 2. The number of methoxy groups -OCH3 is 3. The zero-order valence-electron chi connectivity index (χ0n) is 15.2. The Hall–Kier alpha value is -3.54. The van der Waals surface area contributed by atoms with Crippen molar-refractivity contribution in [2.75, 3.05) is 21.3 Å². The fourth-order valence-electron chi connectivity index (χ4n) is 3.25. The maximum atomic E-state index is 12.2. The van der Waals surface area contributed by atoms with E-state index in [-0.39, 0.29) is 5.69 Å². The Morgan fingerprint density at radius 1 is 0.963 bits per heavy atom. The summed E-state index contributed by atoms with van der Waals surface area (Å²) in [5.74, 6) is 0.802. The molecule has 2 heterocycles. The molecule has 136 valence electrons. The molecule has 0 bridgehead atoms. The third-order valence-electron chi connectivity index (χ3n) is 4.55. The summed E-state index contributed by atoms with van der Waals surface area (Å²) in [4.78, 5) is 20.2. The number of nitrogens with one attached hydrogen (secondary N) is 1. The molecule has 4 rings (SSSR count). The number of hydrogen-bond acceptors (Lipinski definition) is 5. The summed E-state index contributed by atoms with van der Waals surface area (Å²) in [6.45, 7) is 0. The van der Waals surface area contributed by atoms with Crippen LogP contribution < -0.4 is 9.47 Å². The second-order valence-corrected chi connectivity index (χ2v) is 6.01. The Morgan fingerprint density at radius 3 is 2.52 bits per heavy atom. The van der Waals surface area contributed by atoms with E-state index < -0.39 is 5.97 Å². The third kappa shape index (κ3) is 2.75. The van der Waals surface area contributed by atoms with Crippen LogP contribution in [0.2, 0.25) is 0 Å². The van der Waals surface area contributed by atoms with Crippen molar-refractivity contribution in [3.63, 3.8) is 0 Å². The Labute approximate surface area is 155 Å². The number of benzene rings is 2. The molecule has 1 N–H and O–H groups in total. The molecule has 0 aliphatic heterocycles. The van der Waals surface area contributed by atoms with Gasteiger partial charge in [0.25, 0.3) is 0 Å². The van der Waals surface area contributed by atoms with Crippen molar-refractivity contribution < 1.29 is 19.0 Å². The van der Waals surface area contributed by atoms with E-state index in [2.05, 4.69) is 9.97 Å². The first kappa shape index (κ1) is 16.9. The van der Waals surface area contributed by atoms with Crippen LogP contribution in [0.3, 0.4) is 0 Å². The van der Waals surface area contributed by atoms with Crippen LogP contribution in [0.4, 0.5) is 0 Å². The second kappa shape index (κ2) is 6.64. The molecule has 0 aliphatic carbocycles. The average molecular weight is 362 g/mol. The molecule has 0 saturated carbocycles. The van der Waals surface area contributed by atoms with Crippen LogP contribution in [-0.2, 0) is 4.74 Å². The zero-order valence-corrected chi connectivity index (χ0v) is 15.2. The minimum absolute atomic E-state index is 0.231. The number of ether oxygens (including phenoxy) is 3. The topological polar surface area (TPSA) is 73.4 Å². The molecule has 6 nitrogen and oxygen atoms in total. The first-order valence-corrected chi connectivity index (χ1v) is 8.38. The van der Waals surface area contributed by atoms with Crippen molar-refractivity contribution in [1.82, 2.24) is 9.97 Å². The van der Waals surface area contributed by atoms with Gasteiger partial charge in [0.15, 0.2) is 0 Å². The minimum atomic E-state index is -0.495.